The van der Waals surface area contributed by atoms with Crippen LogP contribution in [0.1, 0.15) is 24.0 Å². The van der Waals surface area contributed by atoms with E-state index in [4.69, 9.17) is 0 Å². The molecule has 2 amide bonds. The van der Waals surface area contributed by atoms with Crippen molar-refractivity contribution in [2.24, 2.45) is 11.8 Å². The average Bonchev–Trinajstić information content (AvgIpc) is 3.00. The molecule has 2 atom stereocenters. The third-order valence-corrected chi connectivity index (χ3v) is 5.19. The molecular formula is C19H29N3O. The summed E-state index contributed by atoms with van der Waals surface area (Å²) >= 11 is 0. The van der Waals surface area contributed by atoms with Gasteiger partial charge in [-0.25, -0.2) is 4.79 Å². The molecule has 0 spiro atoms. The van der Waals surface area contributed by atoms with Crippen LogP contribution in [0.2, 0.25) is 0 Å². The highest BCUT2D eigenvalue weighted by Crippen LogP contribution is 2.25. The SMILES string of the molecule is CN(C)CC1CCN(C(=O)NCC2CCc3ccccc3C2)C1. The van der Waals surface area contributed by atoms with Crippen LogP contribution in [0.25, 0.3) is 0 Å². The third-order valence-electron chi connectivity index (χ3n) is 5.19. The minimum atomic E-state index is 0.130. The molecule has 1 aliphatic heterocycles. The van der Waals surface area contributed by atoms with Crippen LogP contribution in [-0.2, 0) is 12.8 Å². The highest BCUT2D eigenvalue weighted by atomic mass is 16.2. The summed E-state index contributed by atoms with van der Waals surface area (Å²) < 4.78 is 0. The Balaban J connectivity index is 1.44. The maximum atomic E-state index is 12.4. The van der Waals surface area contributed by atoms with E-state index in [1.54, 1.807) is 0 Å². The topological polar surface area (TPSA) is 35.6 Å². The van der Waals surface area contributed by atoms with Crippen molar-refractivity contribution < 1.29 is 4.79 Å². The quantitative estimate of drug-likeness (QED) is 0.926. The molecule has 126 valence electrons. The van der Waals surface area contributed by atoms with E-state index >= 15 is 0 Å². The first-order chi connectivity index (χ1) is 11.1. The van der Waals surface area contributed by atoms with Crippen molar-refractivity contribution in [3.63, 3.8) is 0 Å². The van der Waals surface area contributed by atoms with Crippen molar-refractivity contribution in [3.8, 4) is 0 Å². The van der Waals surface area contributed by atoms with Crippen LogP contribution in [0.3, 0.4) is 0 Å². The predicted octanol–water partition coefficient (Wildman–Crippen LogP) is 2.38. The Bertz CT molecular complexity index is 543. The number of amides is 2. The maximum Gasteiger partial charge on any atom is 0.317 e. The van der Waals surface area contributed by atoms with Gasteiger partial charge in [-0.05, 0) is 62.7 Å². The van der Waals surface area contributed by atoms with Gasteiger partial charge in [0.1, 0.15) is 0 Å². The van der Waals surface area contributed by atoms with E-state index in [1.165, 1.54) is 17.5 Å². The Labute approximate surface area is 139 Å². The number of nitrogens with one attached hydrogen (secondary N) is 1. The van der Waals surface area contributed by atoms with Crippen molar-refractivity contribution >= 4 is 6.03 Å². The van der Waals surface area contributed by atoms with Crippen molar-refractivity contribution in [1.29, 1.82) is 0 Å². The van der Waals surface area contributed by atoms with Gasteiger partial charge in [-0.15, -0.1) is 0 Å². The number of rotatable bonds is 4. The molecule has 1 aliphatic carbocycles. The lowest BCUT2D eigenvalue weighted by Crippen LogP contribution is -2.41. The molecule has 0 saturated carbocycles. The first kappa shape index (κ1) is 16.3. The lowest BCUT2D eigenvalue weighted by molar-refractivity contribution is 0.203. The van der Waals surface area contributed by atoms with Crippen LogP contribution in [-0.4, -0.2) is 56.1 Å². The fourth-order valence-electron chi connectivity index (χ4n) is 3.97. The van der Waals surface area contributed by atoms with E-state index in [2.05, 4.69) is 48.6 Å². The minimum absolute atomic E-state index is 0.130. The number of benzene rings is 1. The van der Waals surface area contributed by atoms with Gasteiger partial charge in [0.15, 0.2) is 0 Å². The second-order valence-corrected chi connectivity index (χ2v) is 7.43. The fourth-order valence-corrected chi connectivity index (χ4v) is 3.97. The molecule has 23 heavy (non-hydrogen) atoms. The van der Waals surface area contributed by atoms with Gasteiger partial charge in [-0.3, -0.25) is 0 Å². The van der Waals surface area contributed by atoms with Crippen LogP contribution < -0.4 is 5.32 Å². The van der Waals surface area contributed by atoms with Gasteiger partial charge in [0.05, 0.1) is 0 Å². The molecular weight excluding hydrogens is 286 g/mol. The maximum absolute atomic E-state index is 12.4. The number of carbonyl (C=O) groups is 1. The zero-order valence-electron chi connectivity index (χ0n) is 14.4. The number of urea groups is 1. The zero-order valence-corrected chi connectivity index (χ0v) is 14.4. The smallest absolute Gasteiger partial charge is 0.317 e. The summed E-state index contributed by atoms with van der Waals surface area (Å²) in [6, 6.07) is 8.84. The van der Waals surface area contributed by atoms with Gasteiger partial charge in [-0.1, -0.05) is 24.3 Å². The highest BCUT2D eigenvalue weighted by molar-refractivity contribution is 5.74. The molecule has 1 fully saturated rings. The number of fused-ring (bicyclic) bond motifs is 1. The average molecular weight is 315 g/mol. The molecule has 1 saturated heterocycles. The molecule has 1 heterocycles. The molecule has 0 radical (unpaired) electrons. The number of hydrogen-bond donors (Lipinski definition) is 1. The molecule has 1 aromatic rings. The Morgan fingerprint density at radius 1 is 1.22 bits per heavy atom. The monoisotopic (exact) mass is 315 g/mol. The van der Waals surface area contributed by atoms with E-state index in [-0.39, 0.29) is 6.03 Å². The summed E-state index contributed by atoms with van der Waals surface area (Å²) in [6.45, 7) is 3.68. The first-order valence-electron chi connectivity index (χ1n) is 8.86. The number of nitrogens with zero attached hydrogens (tertiary/aromatic N) is 2. The Kier molecular flexibility index (Phi) is 5.21. The molecule has 3 rings (SSSR count). The van der Waals surface area contributed by atoms with Crippen LogP contribution in [0, 0.1) is 11.8 Å². The second-order valence-electron chi connectivity index (χ2n) is 7.43. The summed E-state index contributed by atoms with van der Waals surface area (Å²) in [7, 11) is 4.20. The van der Waals surface area contributed by atoms with Gasteiger partial charge in [-0.2, -0.15) is 0 Å². The zero-order chi connectivity index (χ0) is 16.2. The standard InChI is InChI=1S/C19H29N3O/c1-21(2)13-16-9-10-22(14-16)19(23)20-12-15-7-8-17-5-3-4-6-18(17)11-15/h3-6,15-16H,7-14H2,1-2H3,(H,20,23). The molecule has 1 N–H and O–H groups in total. The van der Waals surface area contributed by atoms with Gasteiger partial charge in [0, 0.05) is 26.2 Å². The van der Waals surface area contributed by atoms with Crippen molar-refractivity contribution in [1.82, 2.24) is 15.1 Å². The summed E-state index contributed by atoms with van der Waals surface area (Å²) in [6.07, 6.45) is 4.55. The van der Waals surface area contributed by atoms with Crippen molar-refractivity contribution in [2.75, 3.05) is 40.3 Å². The number of carbonyl (C=O) groups excluding carboxylic acids is 1. The van der Waals surface area contributed by atoms with E-state index in [1.807, 2.05) is 4.90 Å². The van der Waals surface area contributed by atoms with Crippen LogP contribution in [0.15, 0.2) is 24.3 Å². The predicted molar refractivity (Wildman–Crippen MR) is 93.6 cm³/mol. The van der Waals surface area contributed by atoms with Crippen molar-refractivity contribution in [3.05, 3.63) is 35.4 Å². The Hall–Kier alpha value is -1.55. The second kappa shape index (κ2) is 7.35. The Morgan fingerprint density at radius 3 is 2.78 bits per heavy atom. The summed E-state index contributed by atoms with van der Waals surface area (Å²) in [4.78, 5) is 16.6. The third kappa shape index (κ3) is 4.25. The molecule has 0 bridgehead atoms. The summed E-state index contributed by atoms with van der Waals surface area (Å²) in [5.41, 5.74) is 2.95. The summed E-state index contributed by atoms with van der Waals surface area (Å²) in [5.74, 6) is 1.20. The van der Waals surface area contributed by atoms with E-state index in [0.717, 1.165) is 45.4 Å². The van der Waals surface area contributed by atoms with Crippen LogP contribution >= 0.6 is 0 Å². The van der Waals surface area contributed by atoms with Crippen molar-refractivity contribution in [2.45, 2.75) is 25.7 Å². The van der Waals surface area contributed by atoms with Gasteiger partial charge in [0.25, 0.3) is 0 Å². The minimum Gasteiger partial charge on any atom is -0.338 e. The molecule has 4 heteroatoms. The normalized spacial score (nSPS) is 23.9. The van der Waals surface area contributed by atoms with Crippen LogP contribution in [0.4, 0.5) is 4.79 Å². The number of hydrogen-bond acceptors (Lipinski definition) is 2. The number of aryl methyl sites for hydroxylation is 1. The first-order valence-corrected chi connectivity index (χ1v) is 8.86. The van der Waals surface area contributed by atoms with Gasteiger partial charge < -0.3 is 15.1 Å². The van der Waals surface area contributed by atoms with Crippen LogP contribution in [0.5, 0.6) is 0 Å². The number of likely N-dealkylation sites (tertiary alicyclic amines) is 1. The summed E-state index contributed by atoms with van der Waals surface area (Å²) in [5, 5.41) is 3.17. The molecule has 2 aliphatic rings. The van der Waals surface area contributed by atoms with Gasteiger partial charge >= 0.3 is 6.03 Å². The van der Waals surface area contributed by atoms with E-state index < -0.39 is 0 Å². The van der Waals surface area contributed by atoms with Gasteiger partial charge in [0.2, 0.25) is 0 Å². The lowest BCUT2D eigenvalue weighted by Gasteiger charge is -2.26. The fraction of sp³-hybridized carbons (Fsp3) is 0.632. The molecule has 1 aromatic carbocycles. The largest absolute Gasteiger partial charge is 0.338 e. The van der Waals surface area contributed by atoms with E-state index in [0.29, 0.717) is 11.8 Å². The molecule has 0 aromatic heterocycles. The Morgan fingerprint density at radius 2 is 2.00 bits per heavy atom. The van der Waals surface area contributed by atoms with E-state index in [9.17, 15) is 4.79 Å². The molecule has 4 nitrogen and oxygen atoms in total. The highest BCUT2D eigenvalue weighted by Gasteiger charge is 2.27. The lowest BCUT2D eigenvalue weighted by atomic mass is 9.84. The molecule has 2 unspecified atom stereocenters.